The molecule has 0 saturated carbocycles. The molecule has 0 aromatic heterocycles. The van der Waals surface area contributed by atoms with Gasteiger partial charge >= 0.3 is 0 Å². The van der Waals surface area contributed by atoms with E-state index in [4.69, 9.17) is 18.9 Å². The van der Waals surface area contributed by atoms with Gasteiger partial charge in [0.1, 0.15) is 16.3 Å². The highest BCUT2D eigenvalue weighted by Crippen LogP contribution is 2.30. The number of halogens is 1. The first kappa shape index (κ1) is 18.4. The molecule has 0 radical (unpaired) electrons. The van der Waals surface area contributed by atoms with E-state index in [2.05, 4.69) is 15.9 Å². The molecule has 2 rings (SSSR count). The van der Waals surface area contributed by atoms with E-state index in [1.807, 2.05) is 24.3 Å². The van der Waals surface area contributed by atoms with E-state index >= 15 is 0 Å². The lowest BCUT2D eigenvalue weighted by atomic mass is 10.0. The molecule has 0 spiro atoms. The molecular weight excluding hydrogens is 376 g/mol. The Hall–Kier alpha value is -1.89. The second-order valence-corrected chi connectivity index (χ2v) is 5.84. The van der Waals surface area contributed by atoms with Crippen molar-refractivity contribution < 1.29 is 23.7 Å². The molecule has 5 nitrogen and oxygen atoms in total. The Morgan fingerprint density at radius 2 is 1.54 bits per heavy atom. The van der Waals surface area contributed by atoms with Gasteiger partial charge in [0.25, 0.3) is 0 Å². The van der Waals surface area contributed by atoms with Crippen LogP contribution < -0.4 is 9.47 Å². The van der Waals surface area contributed by atoms with Gasteiger partial charge in [-0.25, -0.2) is 0 Å². The number of ketones is 1. The Morgan fingerprint density at radius 1 is 0.958 bits per heavy atom. The van der Waals surface area contributed by atoms with E-state index < -0.39 is 4.83 Å². The third-order valence-electron chi connectivity index (χ3n) is 3.19. The maximum Gasteiger partial charge on any atom is 0.188 e. The average Bonchev–Trinajstić information content (AvgIpc) is 2.64. The summed E-state index contributed by atoms with van der Waals surface area (Å²) in [5.41, 5.74) is 1.35. The monoisotopic (exact) mass is 394 g/mol. The normalized spacial score (nSPS) is 11.8. The number of carbonyl (C=O) groups is 1. The van der Waals surface area contributed by atoms with Crippen molar-refractivity contribution in [3.63, 3.8) is 0 Å². The molecule has 0 aliphatic heterocycles. The van der Waals surface area contributed by atoms with Gasteiger partial charge in [-0.2, -0.15) is 0 Å². The molecular formula is C18H19BrO5. The first-order chi connectivity index (χ1) is 11.7. The van der Waals surface area contributed by atoms with Crippen LogP contribution in [0.4, 0.5) is 0 Å². The van der Waals surface area contributed by atoms with Crippen molar-refractivity contribution in [1.29, 1.82) is 0 Å². The molecule has 128 valence electrons. The van der Waals surface area contributed by atoms with Crippen LogP contribution in [-0.4, -0.2) is 33.6 Å². The lowest BCUT2D eigenvalue weighted by molar-refractivity contribution is 0.0508. The van der Waals surface area contributed by atoms with Crippen LogP contribution in [0.2, 0.25) is 0 Å². The van der Waals surface area contributed by atoms with Crippen molar-refractivity contribution in [3.8, 4) is 11.5 Å². The lowest BCUT2D eigenvalue weighted by Gasteiger charge is -2.12. The predicted octanol–water partition coefficient (Wildman–Crippen LogP) is 3.97. The first-order valence-electron chi connectivity index (χ1n) is 7.27. The number of ether oxygens (including phenoxy) is 4. The van der Waals surface area contributed by atoms with E-state index in [1.165, 1.54) is 0 Å². The minimum absolute atomic E-state index is 0.0678. The predicted molar refractivity (Wildman–Crippen MR) is 93.9 cm³/mol. The SMILES string of the molecule is COCOc1cccc(C(=O)C(Br)c2cccc(OCOC)c2)c1. The zero-order valence-electron chi connectivity index (χ0n) is 13.5. The summed E-state index contributed by atoms with van der Waals surface area (Å²) in [5.74, 6) is 1.16. The van der Waals surface area contributed by atoms with Gasteiger partial charge in [0, 0.05) is 19.8 Å². The number of carbonyl (C=O) groups excluding carboxylic acids is 1. The van der Waals surface area contributed by atoms with Gasteiger partial charge in [0.2, 0.25) is 0 Å². The van der Waals surface area contributed by atoms with Crippen molar-refractivity contribution in [2.45, 2.75) is 4.83 Å². The van der Waals surface area contributed by atoms with Crippen molar-refractivity contribution in [2.24, 2.45) is 0 Å². The van der Waals surface area contributed by atoms with Crippen molar-refractivity contribution >= 4 is 21.7 Å². The maximum atomic E-state index is 12.7. The summed E-state index contributed by atoms with van der Waals surface area (Å²) >= 11 is 3.47. The molecule has 0 heterocycles. The van der Waals surface area contributed by atoms with Crippen LogP contribution in [0, 0.1) is 0 Å². The molecule has 0 fully saturated rings. The van der Waals surface area contributed by atoms with Crippen molar-refractivity contribution in [1.82, 2.24) is 0 Å². The molecule has 0 saturated heterocycles. The van der Waals surface area contributed by atoms with E-state index in [0.29, 0.717) is 17.1 Å². The topological polar surface area (TPSA) is 54.0 Å². The van der Waals surface area contributed by atoms with Gasteiger partial charge in [-0.05, 0) is 29.8 Å². The highest BCUT2D eigenvalue weighted by Gasteiger charge is 2.20. The second kappa shape index (κ2) is 9.42. The number of hydrogen-bond acceptors (Lipinski definition) is 5. The smallest absolute Gasteiger partial charge is 0.188 e. The molecule has 24 heavy (non-hydrogen) atoms. The number of methoxy groups -OCH3 is 2. The van der Waals surface area contributed by atoms with Gasteiger partial charge in [-0.3, -0.25) is 4.79 Å². The second-order valence-electron chi connectivity index (χ2n) is 4.93. The van der Waals surface area contributed by atoms with E-state index in [1.54, 1.807) is 38.5 Å². The number of Topliss-reactive ketones (excluding diaryl/α,β-unsaturated/α-hetero) is 1. The zero-order chi connectivity index (χ0) is 17.4. The Kier molecular flexibility index (Phi) is 7.24. The third kappa shape index (κ3) is 5.06. The summed E-state index contributed by atoms with van der Waals surface area (Å²) in [5, 5.41) is 0. The largest absolute Gasteiger partial charge is 0.468 e. The number of alkyl halides is 1. The Bertz CT molecular complexity index is 674. The number of hydrogen-bond donors (Lipinski definition) is 0. The summed E-state index contributed by atoms with van der Waals surface area (Å²) in [6.07, 6.45) is 0. The van der Waals surface area contributed by atoms with Gasteiger partial charge in [-0.1, -0.05) is 40.2 Å². The fourth-order valence-corrected chi connectivity index (χ4v) is 2.60. The summed E-state index contributed by atoms with van der Waals surface area (Å²) < 4.78 is 20.5. The van der Waals surface area contributed by atoms with Crippen LogP contribution in [0.15, 0.2) is 48.5 Å². The number of benzene rings is 2. The minimum Gasteiger partial charge on any atom is -0.468 e. The van der Waals surface area contributed by atoms with Gasteiger partial charge in [0.05, 0.1) is 0 Å². The summed E-state index contributed by atoms with van der Waals surface area (Å²) in [4.78, 5) is 12.2. The van der Waals surface area contributed by atoms with E-state index in [0.717, 1.165) is 5.56 Å². The van der Waals surface area contributed by atoms with Crippen LogP contribution in [0.25, 0.3) is 0 Å². The standard InChI is InChI=1S/C18H19BrO5/c1-21-11-23-15-7-3-5-13(9-15)17(19)18(20)14-6-4-8-16(10-14)24-12-22-2/h3-10,17H,11-12H2,1-2H3. The molecule has 1 atom stereocenters. The van der Waals surface area contributed by atoms with Crippen molar-refractivity contribution in [2.75, 3.05) is 27.8 Å². The molecule has 0 aliphatic rings. The molecule has 1 unspecified atom stereocenters. The van der Waals surface area contributed by atoms with Crippen LogP contribution >= 0.6 is 15.9 Å². The average molecular weight is 395 g/mol. The van der Waals surface area contributed by atoms with Gasteiger partial charge in [0.15, 0.2) is 19.4 Å². The van der Waals surface area contributed by atoms with E-state index in [-0.39, 0.29) is 19.4 Å². The molecule has 6 heteroatoms. The highest BCUT2D eigenvalue weighted by atomic mass is 79.9. The number of rotatable bonds is 9. The molecule has 0 amide bonds. The summed E-state index contributed by atoms with van der Waals surface area (Å²) in [6.45, 7) is 0.289. The molecule has 0 aliphatic carbocycles. The molecule has 0 N–H and O–H groups in total. The molecule has 2 aromatic rings. The van der Waals surface area contributed by atoms with Gasteiger partial charge < -0.3 is 18.9 Å². The Morgan fingerprint density at radius 3 is 2.17 bits per heavy atom. The maximum absolute atomic E-state index is 12.7. The highest BCUT2D eigenvalue weighted by molar-refractivity contribution is 9.09. The minimum atomic E-state index is -0.485. The van der Waals surface area contributed by atoms with E-state index in [9.17, 15) is 4.79 Å². The van der Waals surface area contributed by atoms with Crippen LogP contribution in [-0.2, 0) is 9.47 Å². The molecule has 0 bridgehead atoms. The van der Waals surface area contributed by atoms with Crippen LogP contribution in [0.3, 0.4) is 0 Å². The Labute approximate surface area is 149 Å². The third-order valence-corrected chi connectivity index (χ3v) is 4.13. The van der Waals surface area contributed by atoms with Crippen LogP contribution in [0.5, 0.6) is 11.5 Å². The summed E-state index contributed by atoms with van der Waals surface area (Å²) in [6, 6.07) is 14.3. The van der Waals surface area contributed by atoms with Crippen molar-refractivity contribution in [3.05, 3.63) is 59.7 Å². The summed E-state index contributed by atoms with van der Waals surface area (Å²) in [7, 11) is 3.10. The quantitative estimate of drug-likeness (QED) is 0.365. The van der Waals surface area contributed by atoms with Crippen LogP contribution in [0.1, 0.15) is 20.7 Å². The molecule has 2 aromatic carbocycles. The van der Waals surface area contributed by atoms with Gasteiger partial charge in [-0.15, -0.1) is 0 Å². The Balaban J connectivity index is 2.14. The fourth-order valence-electron chi connectivity index (χ4n) is 2.05. The fraction of sp³-hybridized carbons (Fsp3) is 0.278. The zero-order valence-corrected chi connectivity index (χ0v) is 15.1. The first-order valence-corrected chi connectivity index (χ1v) is 8.19. The lowest BCUT2D eigenvalue weighted by Crippen LogP contribution is -2.08.